The molecule has 0 spiro atoms. The van der Waals surface area contributed by atoms with Gasteiger partial charge >= 0.3 is 0 Å². The zero-order chi connectivity index (χ0) is 16.9. The van der Waals surface area contributed by atoms with Gasteiger partial charge in [0.2, 0.25) is 0 Å². The molecule has 0 aliphatic carbocycles. The largest absolute Gasteiger partial charge is 0.487 e. The van der Waals surface area contributed by atoms with Crippen LogP contribution in [-0.2, 0) is 13.2 Å². The molecule has 0 radical (unpaired) electrons. The predicted molar refractivity (Wildman–Crippen MR) is 111 cm³/mol. The summed E-state index contributed by atoms with van der Waals surface area (Å²) in [6.45, 7) is 8.01. The molecule has 0 saturated carbocycles. The van der Waals surface area contributed by atoms with Crippen molar-refractivity contribution in [3.05, 3.63) is 62.5 Å². The standard InChI is InChI=1S/C19H23Br2NO.ClH/c1-4-19(2,3)22-12-15-10-16(20)18(17(21)11-15)23-13-14-8-6-5-7-9-14;/h5-11,22H,4,12-13H2,1-3H3;1H. The molecule has 5 heteroatoms. The molecule has 132 valence electrons. The Hall–Kier alpha value is -0.550. The minimum atomic E-state index is 0. The van der Waals surface area contributed by atoms with Crippen molar-refractivity contribution in [3.63, 3.8) is 0 Å². The second kappa shape index (κ2) is 9.81. The summed E-state index contributed by atoms with van der Waals surface area (Å²) in [6.07, 6.45) is 1.09. The van der Waals surface area contributed by atoms with Crippen LogP contribution in [0.4, 0.5) is 0 Å². The highest BCUT2D eigenvalue weighted by Crippen LogP contribution is 2.35. The molecule has 0 aliphatic rings. The minimum absolute atomic E-state index is 0. The van der Waals surface area contributed by atoms with E-state index in [2.05, 4.69) is 82.2 Å². The van der Waals surface area contributed by atoms with Crippen molar-refractivity contribution in [3.8, 4) is 5.75 Å². The highest BCUT2D eigenvalue weighted by Gasteiger charge is 2.15. The quantitative estimate of drug-likeness (QED) is 0.492. The summed E-state index contributed by atoms with van der Waals surface area (Å²) in [5.41, 5.74) is 2.51. The van der Waals surface area contributed by atoms with Crippen LogP contribution in [0.25, 0.3) is 0 Å². The Morgan fingerprint density at radius 3 is 2.12 bits per heavy atom. The maximum Gasteiger partial charge on any atom is 0.148 e. The van der Waals surface area contributed by atoms with Gasteiger partial charge in [-0.2, -0.15) is 0 Å². The van der Waals surface area contributed by atoms with Crippen LogP contribution in [0.2, 0.25) is 0 Å². The zero-order valence-corrected chi connectivity index (χ0v) is 18.2. The summed E-state index contributed by atoms with van der Waals surface area (Å²) in [7, 11) is 0. The summed E-state index contributed by atoms with van der Waals surface area (Å²) < 4.78 is 7.89. The Bertz CT molecular complexity index is 624. The first-order valence-corrected chi connectivity index (χ1v) is 9.39. The van der Waals surface area contributed by atoms with Crippen molar-refractivity contribution in [2.75, 3.05) is 0 Å². The summed E-state index contributed by atoms with van der Waals surface area (Å²) in [5.74, 6) is 0.840. The van der Waals surface area contributed by atoms with E-state index < -0.39 is 0 Å². The number of rotatable bonds is 7. The lowest BCUT2D eigenvalue weighted by Crippen LogP contribution is -2.37. The lowest BCUT2D eigenvalue weighted by molar-refractivity contribution is 0.302. The van der Waals surface area contributed by atoms with Gasteiger partial charge < -0.3 is 10.1 Å². The Balaban J connectivity index is 0.00000288. The van der Waals surface area contributed by atoms with Crippen LogP contribution in [0.15, 0.2) is 51.4 Å². The van der Waals surface area contributed by atoms with E-state index >= 15 is 0 Å². The molecule has 0 aliphatic heterocycles. The molecule has 24 heavy (non-hydrogen) atoms. The van der Waals surface area contributed by atoms with E-state index in [1.165, 1.54) is 5.56 Å². The third kappa shape index (κ3) is 6.40. The lowest BCUT2D eigenvalue weighted by atomic mass is 10.0. The van der Waals surface area contributed by atoms with Crippen LogP contribution >= 0.6 is 44.3 Å². The number of hydrogen-bond donors (Lipinski definition) is 1. The molecule has 0 aromatic heterocycles. The van der Waals surface area contributed by atoms with Crippen molar-refractivity contribution >= 4 is 44.3 Å². The second-order valence-electron chi connectivity index (χ2n) is 6.25. The van der Waals surface area contributed by atoms with Gasteiger partial charge in [-0.15, -0.1) is 12.4 Å². The van der Waals surface area contributed by atoms with E-state index in [1.807, 2.05) is 18.2 Å². The molecule has 0 bridgehead atoms. The smallest absolute Gasteiger partial charge is 0.148 e. The van der Waals surface area contributed by atoms with Gasteiger partial charge in [-0.3, -0.25) is 0 Å². The van der Waals surface area contributed by atoms with Gasteiger partial charge in [0.1, 0.15) is 12.4 Å². The Kier molecular flexibility index (Phi) is 8.78. The third-order valence-corrected chi connectivity index (χ3v) is 5.12. The predicted octanol–water partition coefficient (Wildman–Crippen LogP) is 6.49. The van der Waals surface area contributed by atoms with Crippen molar-refractivity contribution in [2.24, 2.45) is 0 Å². The molecular formula is C19H24Br2ClNO. The number of nitrogens with one attached hydrogen (secondary N) is 1. The first kappa shape index (κ1) is 21.5. The minimum Gasteiger partial charge on any atom is -0.487 e. The van der Waals surface area contributed by atoms with Crippen molar-refractivity contribution in [2.45, 2.75) is 45.9 Å². The molecule has 2 nitrogen and oxygen atoms in total. The van der Waals surface area contributed by atoms with E-state index in [0.717, 1.165) is 33.2 Å². The molecular weight excluding hydrogens is 453 g/mol. The number of ether oxygens (including phenoxy) is 1. The molecule has 0 fully saturated rings. The highest BCUT2D eigenvalue weighted by molar-refractivity contribution is 9.11. The van der Waals surface area contributed by atoms with E-state index in [9.17, 15) is 0 Å². The van der Waals surface area contributed by atoms with Gasteiger partial charge in [-0.05, 0) is 75.4 Å². The molecule has 0 unspecified atom stereocenters. The molecule has 2 aromatic rings. The molecule has 0 amide bonds. The number of hydrogen-bond acceptors (Lipinski definition) is 2. The second-order valence-corrected chi connectivity index (χ2v) is 7.96. The van der Waals surface area contributed by atoms with Crippen LogP contribution in [0, 0.1) is 0 Å². The summed E-state index contributed by atoms with van der Waals surface area (Å²) >= 11 is 7.25. The van der Waals surface area contributed by atoms with Crippen LogP contribution in [0.3, 0.4) is 0 Å². The van der Waals surface area contributed by atoms with Gasteiger partial charge in [0, 0.05) is 12.1 Å². The molecule has 0 atom stereocenters. The summed E-state index contributed by atoms with van der Waals surface area (Å²) in [4.78, 5) is 0. The van der Waals surface area contributed by atoms with Crippen molar-refractivity contribution in [1.29, 1.82) is 0 Å². The highest BCUT2D eigenvalue weighted by atomic mass is 79.9. The van der Waals surface area contributed by atoms with E-state index in [1.54, 1.807) is 0 Å². The van der Waals surface area contributed by atoms with Crippen LogP contribution in [0.1, 0.15) is 38.3 Å². The topological polar surface area (TPSA) is 21.3 Å². The average Bonchev–Trinajstić information content (AvgIpc) is 2.53. The summed E-state index contributed by atoms with van der Waals surface area (Å²) in [6, 6.07) is 14.4. The van der Waals surface area contributed by atoms with E-state index in [4.69, 9.17) is 4.74 Å². The third-order valence-electron chi connectivity index (χ3n) is 3.94. The molecule has 0 heterocycles. The number of benzene rings is 2. The zero-order valence-electron chi connectivity index (χ0n) is 14.2. The Labute approximate surface area is 168 Å². The van der Waals surface area contributed by atoms with E-state index in [0.29, 0.717) is 6.61 Å². The van der Waals surface area contributed by atoms with Crippen molar-refractivity contribution < 1.29 is 4.74 Å². The first-order chi connectivity index (χ1) is 10.9. The van der Waals surface area contributed by atoms with Gasteiger partial charge in [-0.25, -0.2) is 0 Å². The molecule has 0 saturated heterocycles. The fourth-order valence-electron chi connectivity index (χ4n) is 2.05. The molecule has 1 N–H and O–H groups in total. The molecule has 2 aromatic carbocycles. The molecule has 2 rings (SSSR count). The van der Waals surface area contributed by atoms with Crippen molar-refractivity contribution in [1.82, 2.24) is 5.32 Å². The van der Waals surface area contributed by atoms with Gasteiger partial charge in [0.05, 0.1) is 8.95 Å². The SMILES string of the molecule is CCC(C)(C)NCc1cc(Br)c(OCc2ccccc2)c(Br)c1.Cl. The van der Waals surface area contributed by atoms with Crippen LogP contribution < -0.4 is 10.1 Å². The van der Waals surface area contributed by atoms with E-state index in [-0.39, 0.29) is 17.9 Å². The first-order valence-electron chi connectivity index (χ1n) is 7.81. The fourth-order valence-corrected chi connectivity index (χ4v) is 3.56. The normalized spacial score (nSPS) is 11.0. The van der Waals surface area contributed by atoms with Gasteiger partial charge in [0.15, 0.2) is 0 Å². The van der Waals surface area contributed by atoms with Crippen LogP contribution in [-0.4, -0.2) is 5.54 Å². The Morgan fingerprint density at radius 2 is 1.58 bits per heavy atom. The summed E-state index contributed by atoms with van der Waals surface area (Å²) in [5, 5.41) is 3.57. The lowest BCUT2D eigenvalue weighted by Gasteiger charge is -2.25. The maximum absolute atomic E-state index is 5.96. The average molecular weight is 478 g/mol. The maximum atomic E-state index is 5.96. The fraction of sp³-hybridized carbons (Fsp3) is 0.368. The van der Waals surface area contributed by atoms with Crippen LogP contribution in [0.5, 0.6) is 5.75 Å². The van der Waals surface area contributed by atoms with Gasteiger partial charge in [0.25, 0.3) is 0 Å². The Morgan fingerprint density at radius 1 is 1.00 bits per heavy atom. The van der Waals surface area contributed by atoms with Gasteiger partial charge in [-0.1, -0.05) is 37.3 Å². The number of halogens is 3. The monoisotopic (exact) mass is 475 g/mol.